The normalized spacial score (nSPS) is 25.4. The van der Waals surface area contributed by atoms with Crippen molar-refractivity contribution in [2.24, 2.45) is 5.41 Å². The van der Waals surface area contributed by atoms with Gasteiger partial charge in [0.15, 0.2) is 0 Å². The Bertz CT molecular complexity index is 373. The second-order valence-electron chi connectivity index (χ2n) is 5.64. The molecule has 1 aliphatic heterocycles. The van der Waals surface area contributed by atoms with E-state index in [4.69, 9.17) is 0 Å². The topological polar surface area (TPSA) is 12.0 Å². The number of rotatable bonds is 4. The van der Waals surface area contributed by atoms with E-state index in [0.717, 1.165) is 5.25 Å². The van der Waals surface area contributed by atoms with Crippen LogP contribution in [0.3, 0.4) is 0 Å². The van der Waals surface area contributed by atoms with Gasteiger partial charge in [0.2, 0.25) is 0 Å². The first-order valence-electron chi connectivity index (χ1n) is 6.70. The molecule has 2 aliphatic rings. The molecule has 1 aromatic rings. The van der Waals surface area contributed by atoms with Crippen molar-refractivity contribution in [3.8, 4) is 0 Å². The van der Waals surface area contributed by atoms with E-state index >= 15 is 0 Å². The lowest BCUT2D eigenvalue weighted by Gasteiger charge is -2.43. The van der Waals surface area contributed by atoms with E-state index in [0.29, 0.717) is 5.41 Å². The van der Waals surface area contributed by atoms with Crippen LogP contribution in [-0.2, 0) is 6.42 Å². The summed E-state index contributed by atoms with van der Waals surface area (Å²) in [7, 11) is 2.09. The van der Waals surface area contributed by atoms with Crippen LogP contribution in [0.25, 0.3) is 0 Å². The average Bonchev–Trinajstić information content (AvgIpc) is 2.68. The van der Waals surface area contributed by atoms with Gasteiger partial charge in [0.05, 0.1) is 0 Å². The Balaban J connectivity index is 1.65. The van der Waals surface area contributed by atoms with E-state index in [1.807, 2.05) is 0 Å². The molecule has 17 heavy (non-hydrogen) atoms. The Morgan fingerprint density at radius 1 is 1.35 bits per heavy atom. The molecule has 92 valence electrons. The van der Waals surface area contributed by atoms with E-state index in [1.165, 1.54) is 43.5 Å². The number of thioether (sulfide) groups is 1. The third-order valence-electron chi connectivity index (χ3n) is 4.34. The largest absolute Gasteiger partial charge is 0.319 e. The lowest BCUT2D eigenvalue weighted by Crippen LogP contribution is -2.40. The minimum absolute atomic E-state index is 0.620. The Hall–Kier alpha value is -0.470. The molecule has 0 saturated heterocycles. The molecule has 0 aromatic heterocycles. The second-order valence-corrected chi connectivity index (χ2v) is 6.98. The van der Waals surface area contributed by atoms with Crippen LogP contribution in [0, 0.1) is 5.41 Å². The highest BCUT2D eigenvalue weighted by Gasteiger charge is 2.39. The molecule has 1 fully saturated rings. The van der Waals surface area contributed by atoms with Crippen molar-refractivity contribution in [2.45, 2.75) is 42.2 Å². The number of nitrogens with one attached hydrogen (secondary N) is 1. The first-order chi connectivity index (χ1) is 8.31. The zero-order valence-electron chi connectivity index (χ0n) is 10.5. The first-order valence-corrected chi connectivity index (χ1v) is 7.58. The molecule has 1 aromatic carbocycles. The highest BCUT2D eigenvalue weighted by molar-refractivity contribution is 8.00. The third kappa shape index (κ3) is 2.25. The molecule has 1 saturated carbocycles. The fraction of sp³-hybridized carbons (Fsp3) is 0.600. The molecule has 3 rings (SSSR count). The molecule has 1 heterocycles. The van der Waals surface area contributed by atoms with Crippen LogP contribution in [0.1, 0.15) is 31.2 Å². The summed E-state index contributed by atoms with van der Waals surface area (Å²) in [4.78, 5) is 1.52. The average molecular weight is 247 g/mol. The predicted octanol–water partition coefficient (Wildman–Crippen LogP) is 3.48. The van der Waals surface area contributed by atoms with Crippen LogP contribution >= 0.6 is 11.8 Å². The smallest absolute Gasteiger partial charge is 0.0141 e. The van der Waals surface area contributed by atoms with Gasteiger partial charge in [-0.15, -0.1) is 11.8 Å². The van der Waals surface area contributed by atoms with Gasteiger partial charge in [-0.2, -0.15) is 0 Å². The summed E-state index contributed by atoms with van der Waals surface area (Å²) in [6.07, 6.45) is 6.98. The molecular weight excluding hydrogens is 226 g/mol. The van der Waals surface area contributed by atoms with Gasteiger partial charge >= 0.3 is 0 Å². The maximum Gasteiger partial charge on any atom is 0.0141 e. The molecule has 1 aliphatic carbocycles. The predicted molar refractivity (Wildman–Crippen MR) is 74.6 cm³/mol. The van der Waals surface area contributed by atoms with Crippen LogP contribution in [0.2, 0.25) is 0 Å². The SMILES string of the molecule is CNCC1(CC2Cc3ccccc3S2)CCC1. The minimum Gasteiger partial charge on any atom is -0.319 e. The molecule has 0 bridgehead atoms. The number of fused-ring (bicyclic) bond motifs is 1. The fourth-order valence-electron chi connectivity index (χ4n) is 3.36. The summed E-state index contributed by atoms with van der Waals surface area (Å²) in [5.74, 6) is 0. The Kier molecular flexibility index (Phi) is 3.18. The Morgan fingerprint density at radius 3 is 2.82 bits per heavy atom. The fourth-order valence-corrected chi connectivity index (χ4v) is 4.87. The van der Waals surface area contributed by atoms with Crippen LogP contribution < -0.4 is 5.32 Å². The van der Waals surface area contributed by atoms with E-state index in [9.17, 15) is 0 Å². The molecule has 1 atom stereocenters. The van der Waals surface area contributed by atoms with Crippen molar-refractivity contribution < 1.29 is 0 Å². The summed E-state index contributed by atoms with van der Waals surface area (Å²) < 4.78 is 0. The molecule has 1 unspecified atom stereocenters. The van der Waals surface area contributed by atoms with E-state index in [2.05, 4.69) is 48.4 Å². The Morgan fingerprint density at radius 2 is 2.18 bits per heavy atom. The van der Waals surface area contributed by atoms with Crippen molar-refractivity contribution in [3.05, 3.63) is 29.8 Å². The van der Waals surface area contributed by atoms with Crippen LogP contribution in [0.4, 0.5) is 0 Å². The number of hydrogen-bond donors (Lipinski definition) is 1. The maximum atomic E-state index is 3.40. The standard InChI is InChI=1S/C15H21NS/c1-16-11-15(7-4-8-15)10-13-9-12-5-2-3-6-14(12)17-13/h2-3,5-6,13,16H,4,7-11H2,1H3. The monoisotopic (exact) mass is 247 g/mol. The van der Waals surface area contributed by atoms with E-state index in [-0.39, 0.29) is 0 Å². The van der Waals surface area contributed by atoms with Gasteiger partial charge in [-0.3, -0.25) is 0 Å². The van der Waals surface area contributed by atoms with Crippen LogP contribution in [0.5, 0.6) is 0 Å². The molecule has 0 amide bonds. The van der Waals surface area contributed by atoms with Crippen molar-refractivity contribution >= 4 is 11.8 Å². The van der Waals surface area contributed by atoms with Gasteiger partial charge < -0.3 is 5.32 Å². The van der Waals surface area contributed by atoms with Gasteiger partial charge in [-0.1, -0.05) is 24.6 Å². The zero-order valence-corrected chi connectivity index (χ0v) is 11.4. The highest BCUT2D eigenvalue weighted by atomic mass is 32.2. The summed E-state index contributed by atoms with van der Waals surface area (Å²) in [6.45, 7) is 1.21. The molecule has 2 heteroatoms. The van der Waals surface area contributed by atoms with Crippen molar-refractivity contribution in [3.63, 3.8) is 0 Å². The van der Waals surface area contributed by atoms with Crippen LogP contribution in [-0.4, -0.2) is 18.8 Å². The molecule has 1 nitrogen and oxygen atoms in total. The van der Waals surface area contributed by atoms with E-state index < -0.39 is 0 Å². The Labute approximate surface area is 108 Å². The summed E-state index contributed by atoms with van der Waals surface area (Å²) in [5.41, 5.74) is 2.19. The van der Waals surface area contributed by atoms with Gasteiger partial charge in [0.25, 0.3) is 0 Å². The lowest BCUT2D eigenvalue weighted by atomic mass is 9.65. The van der Waals surface area contributed by atoms with Gasteiger partial charge in [0.1, 0.15) is 0 Å². The molecular formula is C15H21NS. The quantitative estimate of drug-likeness (QED) is 0.874. The molecule has 0 spiro atoms. The van der Waals surface area contributed by atoms with Gasteiger partial charge in [-0.05, 0) is 49.8 Å². The lowest BCUT2D eigenvalue weighted by molar-refractivity contribution is 0.119. The maximum absolute atomic E-state index is 3.40. The second kappa shape index (κ2) is 4.66. The molecule has 0 radical (unpaired) electrons. The summed E-state index contributed by atoms with van der Waals surface area (Å²) in [6, 6.07) is 8.93. The van der Waals surface area contributed by atoms with Crippen molar-refractivity contribution in [1.82, 2.24) is 5.32 Å². The minimum atomic E-state index is 0.620. The van der Waals surface area contributed by atoms with Gasteiger partial charge in [-0.25, -0.2) is 0 Å². The summed E-state index contributed by atoms with van der Waals surface area (Å²) in [5, 5.41) is 4.22. The first kappa shape index (κ1) is 11.6. The van der Waals surface area contributed by atoms with Crippen molar-refractivity contribution in [2.75, 3.05) is 13.6 Å². The zero-order chi connectivity index (χ0) is 11.7. The summed E-state index contributed by atoms with van der Waals surface area (Å²) >= 11 is 2.11. The van der Waals surface area contributed by atoms with Crippen molar-refractivity contribution in [1.29, 1.82) is 0 Å². The third-order valence-corrected chi connectivity index (χ3v) is 5.66. The molecule has 1 N–H and O–H groups in total. The van der Waals surface area contributed by atoms with E-state index in [1.54, 1.807) is 5.56 Å². The van der Waals surface area contributed by atoms with Crippen LogP contribution in [0.15, 0.2) is 29.2 Å². The number of benzene rings is 1. The number of hydrogen-bond acceptors (Lipinski definition) is 2. The van der Waals surface area contributed by atoms with Gasteiger partial charge in [0, 0.05) is 16.7 Å². The highest BCUT2D eigenvalue weighted by Crippen LogP contribution is 2.49.